The predicted octanol–water partition coefficient (Wildman–Crippen LogP) is 0.913. The summed E-state index contributed by atoms with van der Waals surface area (Å²) in [6.45, 7) is 3.85. The maximum Gasteiger partial charge on any atom is 0.242 e. The van der Waals surface area contributed by atoms with Crippen molar-refractivity contribution in [2.24, 2.45) is 5.73 Å². The van der Waals surface area contributed by atoms with E-state index in [1.807, 2.05) is 29.3 Å². The van der Waals surface area contributed by atoms with Crippen LogP contribution < -0.4 is 11.1 Å². The molecule has 2 rings (SSSR count). The molecule has 100 valence electrons. The van der Waals surface area contributed by atoms with Gasteiger partial charge in [0.15, 0.2) is 0 Å². The second kappa shape index (κ2) is 7.13. The predicted molar refractivity (Wildman–Crippen MR) is 78.0 cm³/mol. The van der Waals surface area contributed by atoms with E-state index in [1.165, 1.54) is 22.8 Å². The Morgan fingerprint density at radius 1 is 1.50 bits per heavy atom. The van der Waals surface area contributed by atoms with Crippen LogP contribution in [0.4, 0.5) is 0 Å². The molecule has 1 aromatic rings. The van der Waals surface area contributed by atoms with Gasteiger partial charge in [-0.25, -0.2) is 0 Å². The Hall–Kier alpha value is -0.560. The number of nitrogens with one attached hydrogen (secondary N) is 1. The van der Waals surface area contributed by atoms with Gasteiger partial charge in [0.05, 0.1) is 0 Å². The minimum absolute atomic E-state index is 0.0798. The quantitative estimate of drug-likeness (QED) is 0.844. The van der Waals surface area contributed by atoms with E-state index in [-0.39, 0.29) is 5.91 Å². The van der Waals surface area contributed by atoms with E-state index in [1.54, 1.807) is 0 Å². The summed E-state index contributed by atoms with van der Waals surface area (Å²) in [7, 11) is 0. The molecule has 1 atom stereocenters. The molecule has 1 aliphatic heterocycles. The van der Waals surface area contributed by atoms with E-state index >= 15 is 0 Å². The van der Waals surface area contributed by atoms with Crippen molar-refractivity contribution in [1.29, 1.82) is 0 Å². The van der Waals surface area contributed by atoms with Gasteiger partial charge in [0.25, 0.3) is 0 Å². The number of amides is 1. The average Bonchev–Trinajstić information content (AvgIpc) is 2.93. The zero-order valence-corrected chi connectivity index (χ0v) is 11.9. The molecule has 6 heteroatoms. The summed E-state index contributed by atoms with van der Waals surface area (Å²) in [6, 6.07) is 3.29. The largest absolute Gasteiger partial charge is 0.353 e. The van der Waals surface area contributed by atoms with Gasteiger partial charge in [-0.3, -0.25) is 9.69 Å². The third kappa shape index (κ3) is 3.98. The lowest BCUT2D eigenvalue weighted by Gasteiger charge is -2.26. The standard InChI is InChI=1S/C12H19N3OS2/c13-11(10-2-1-7-18-10)12(16)14-3-4-15-5-8-17-9-6-15/h1-2,7,11H,3-6,8-9,13H2,(H,14,16). The van der Waals surface area contributed by atoms with Gasteiger partial charge >= 0.3 is 0 Å². The van der Waals surface area contributed by atoms with Gasteiger partial charge in [0.1, 0.15) is 6.04 Å². The molecular weight excluding hydrogens is 266 g/mol. The molecule has 1 aromatic heterocycles. The molecule has 0 saturated carbocycles. The lowest BCUT2D eigenvalue weighted by atomic mass is 10.2. The molecule has 3 N–H and O–H groups in total. The fourth-order valence-corrected chi connectivity index (χ4v) is 3.57. The van der Waals surface area contributed by atoms with Crippen LogP contribution in [0.5, 0.6) is 0 Å². The Kier molecular flexibility index (Phi) is 5.49. The van der Waals surface area contributed by atoms with Crippen molar-refractivity contribution in [2.75, 3.05) is 37.7 Å². The molecular formula is C12H19N3OS2. The topological polar surface area (TPSA) is 58.4 Å². The minimum atomic E-state index is -0.526. The Bertz CT molecular complexity index is 363. The molecule has 1 unspecified atom stereocenters. The Balaban J connectivity index is 1.68. The summed E-state index contributed by atoms with van der Waals surface area (Å²) in [4.78, 5) is 15.1. The Morgan fingerprint density at radius 2 is 2.28 bits per heavy atom. The van der Waals surface area contributed by atoms with Crippen LogP contribution >= 0.6 is 23.1 Å². The first-order valence-electron chi connectivity index (χ1n) is 6.14. The van der Waals surface area contributed by atoms with Crippen molar-refractivity contribution in [3.05, 3.63) is 22.4 Å². The highest BCUT2D eigenvalue weighted by Crippen LogP contribution is 2.16. The summed E-state index contributed by atoms with van der Waals surface area (Å²) in [5.74, 6) is 2.31. The van der Waals surface area contributed by atoms with Crippen LogP contribution in [0.1, 0.15) is 10.9 Å². The Morgan fingerprint density at radius 3 is 2.94 bits per heavy atom. The van der Waals surface area contributed by atoms with Crippen molar-refractivity contribution in [1.82, 2.24) is 10.2 Å². The minimum Gasteiger partial charge on any atom is -0.353 e. The zero-order chi connectivity index (χ0) is 12.8. The van der Waals surface area contributed by atoms with Crippen molar-refractivity contribution in [3.63, 3.8) is 0 Å². The van der Waals surface area contributed by atoms with Crippen molar-refractivity contribution < 1.29 is 4.79 Å². The highest BCUT2D eigenvalue weighted by molar-refractivity contribution is 7.99. The monoisotopic (exact) mass is 285 g/mol. The number of thioether (sulfide) groups is 1. The molecule has 1 saturated heterocycles. The first-order chi connectivity index (χ1) is 8.77. The van der Waals surface area contributed by atoms with Gasteiger partial charge in [-0.15, -0.1) is 11.3 Å². The van der Waals surface area contributed by atoms with Gasteiger partial charge in [-0.1, -0.05) is 6.07 Å². The van der Waals surface area contributed by atoms with Crippen LogP contribution in [0.3, 0.4) is 0 Å². The molecule has 1 aliphatic rings. The van der Waals surface area contributed by atoms with Crippen LogP contribution in [-0.4, -0.2) is 48.5 Å². The van der Waals surface area contributed by atoms with Crippen LogP contribution in [-0.2, 0) is 4.79 Å². The van der Waals surface area contributed by atoms with Crippen LogP contribution in [0.15, 0.2) is 17.5 Å². The summed E-state index contributed by atoms with van der Waals surface area (Å²) in [5.41, 5.74) is 5.88. The van der Waals surface area contributed by atoms with Crippen LogP contribution in [0.2, 0.25) is 0 Å². The molecule has 1 fully saturated rings. The molecule has 2 heterocycles. The maximum atomic E-state index is 11.8. The average molecular weight is 285 g/mol. The summed E-state index contributed by atoms with van der Waals surface area (Å²) < 4.78 is 0. The maximum absolute atomic E-state index is 11.8. The van der Waals surface area contributed by atoms with Gasteiger partial charge < -0.3 is 11.1 Å². The number of carbonyl (C=O) groups is 1. The Labute approximate surface area is 116 Å². The van der Waals surface area contributed by atoms with Gasteiger partial charge in [-0.05, 0) is 11.4 Å². The first-order valence-corrected chi connectivity index (χ1v) is 8.17. The number of rotatable bonds is 5. The fraction of sp³-hybridized carbons (Fsp3) is 0.583. The summed E-state index contributed by atoms with van der Waals surface area (Å²) in [5, 5.41) is 4.85. The third-order valence-electron chi connectivity index (χ3n) is 2.96. The van der Waals surface area contributed by atoms with E-state index < -0.39 is 6.04 Å². The number of hydrogen-bond donors (Lipinski definition) is 2. The normalized spacial score (nSPS) is 18.5. The second-order valence-electron chi connectivity index (χ2n) is 4.24. The van der Waals surface area contributed by atoms with Crippen molar-refractivity contribution in [3.8, 4) is 0 Å². The SMILES string of the molecule is NC(C(=O)NCCN1CCSCC1)c1cccs1. The molecule has 0 aliphatic carbocycles. The van der Waals surface area contributed by atoms with Gasteiger partial charge in [-0.2, -0.15) is 11.8 Å². The van der Waals surface area contributed by atoms with Crippen LogP contribution in [0.25, 0.3) is 0 Å². The van der Waals surface area contributed by atoms with Crippen LogP contribution in [0, 0.1) is 0 Å². The number of carbonyl (C=O) groups excluding carboxylic acids is 1. The molecule has 0 bridgehead atoms. The molecule has 0 spiro atoms. The molecule has 4 nitrogen and oxygen atoms in total. The van der Waals surface area contributed by atoms with Crippen molar-refractivity contribution in [2.45, 2.75) is 6.04 Å². The first kappa shape index (κ1) is 13.9. The number of nitrogens with zero attached hydrogens (tertiary/aromatic N) is 1. The second-order valence-corrected chi connectivity index (χ2v) is 6.44. The van der Waals surface area contributed by atoms with E-state index in [0.717, 1.165) is 24.5 Å². The molecule has 1 amide bonds. The lowest BCUT2D eigenvalue weighted by Crippen LogP contribution is -2.41. The number of hydrogen-bond acceptors (Lipinski definition) is 5. The smallest absolute Gasteiger partial charge is 0.242 e. The number of thiophene rings is 1. The third-order valence-corrected chi connectivity index (χ3v) is 4.86. The van der Waals surface area contributed by atoms with E-state index in [4.69, 9.17) is 5.73 Å². The van der Waals surface area contributed by atoms with E-state index in [2.05, 4.69) is 10.2 Å². The number of nitrogens with two attached hydrogens (primary N) is 1. The molecule has 0 aromatic carbocycles. The van der Waals surface area contributed by atoms with Crippen molar-refractivity contribution >= 4 is 29.0 Å². The summed E-state index contributed by atoms with van der Waals surface area (Å²) in [6.07, 6.45) is 0. The zero-order valence-electron chi connectivity index (χ0n) is 10.3. The molecule has 0 radical (unpaired) electrons. The highest BCUT2D eigenvalue weighted by atomic mass is 32.2. The van der Waals surface area contributed by atoms with Gasteiger partial charge in [0, 0.05) is 42.6 Å². The van der Waals surface area contributed by atoms with E-state index in [9.17, 15) is 4.79 Å². The fourth-order valence-electron chi connectivity index (χ4n) is 1.87. The van der Waals surface area contributed by atoms with Gasteiger partial charge in [0.2, 0.25) is 5.91 Å². The lowest BCUT2D eigenvalue weighted by molar-refractivity contribution is -0.122. The molecule has 18 heavy (non-hydrogen) atoms. The summed E-state index contributed by atoms with van der Waals surface area (Å²) >= 11 is 3.52. The highest BCUT2D eigenvalue weighted by Gasteiger charge is 2.16. The van der Waals surface area contributed by atoms with E-state index in [0.29, 0.717) is 6.54 Å².